The molecule has 0 spiro atoms. The molecule has 0 radical (unpaired) electrons. The van der Waals surface area contributed by atoms with Gasteiger partial charge in [-0.2, -0.15) is 5.10 Å². The van der Waals surface area contributed by atoms with E-state index in [0.29, 0.717) is 6.04 Å². The highest BCUT2D eigenvalue weighted by Gasteiger charge is 2.18. The Morgan fingerprint density at radius 1 is 1.33 bits per heavy atom. The largest absolute Gasteiger partial charge is 0.314 e. The van der Waals surface area contributed by atoms with Gasteiger partial charge in [-0.1, -0.05) is 34.1 Å². The molecule has 0 amide bonds. The minimum atomic E-state index is 0.565. The highest BCUT2D eigenvalue weighted by Crippen LogP contribution is 2.16. The number of aromatic nitrogens is 2. The topological polar surface area (TPSA) is 29.9 Å². The van der Waals surface area contributed by atoms with E-state index in [4.69, 9.17) is 0 Å². The number of aryl methyl sites for hydroxylation is 2. The predicted octanol–water partition coefficient (Wildman–Crippen LogP) is 2.94. The second-order valence-corrected chi connectivity index (χ2v) is 5.24. The molecular formula is C15H29N3. The Morgan fingerprint density at radius 3 is 2.56 bits per heavy atom. The second kappa shape index (κ2) is 7.57. The predicted molar refractivity (Wildman–Crippen MR) is 77.8 cm³/mol. The van der Waals surface area contributed by atoms with Crippen LogP contribution in [0, 0.1) is 5.92 Å². The van der Waals surface area contributed by atoms with Gasteiger partial charge in [0, 0.05) is 25.2 Å². The molecule has 0 bridgehead atoms. The van der Waals surface area contributed by atoms with E-state index in [1.165, 1.54) is 24.2 Å². The first-order valence-electron chi connectivity index (χ1n) is 7.37. The zero-order valence-corrected chi connectivity index (χ0v) is 12.7. The summed E-state index contributed by atoms with van der Waals surface area (Å²) >= 11 is 0. The third-order valence-corrected chi connectivity index (χ3v) is 3.72. The number of nitrogens with one attached hydrogen (secondary N) is 1. The van der Waals surface area contributed by atoms with Crippen molar-refractivity contribution in [3.63, 3.8) is 0 Å². The number of rotatable bonds is 8. The maximum Gasteiger partial charge on any atom is 0.0624 e. The Labute approximate surface area is 112 Å². The van der Waals surface area contributed by atoms with Gasteiger partial charge in [-0.25, -0.2) is 0 Å². The number of hydrogen-bond acceptors (Lipinski definition) is 2. The average Bonchev–Trinajstić information content (AvgIpc) is 2.70. The summed E-state index contributed by atoms with van der Waals surface area (Å²) in [6.45, 7) is 10.0. The molecule has 0 aromatic carbocycles. The van der Waals surface area contributed by atoms with Crippen LogP contribution in [0.5, 0.6) is 0 Å². The summed E-state index contributed by atoms with van der Waals surface area (Å²) in [5.41, 5.74) is 2.55. The van der Waals surface area contributed by atoms with E-state index in [2.05, 4.69) is 51.2 Å². The third-order valence-electron chi connectivity index (χ3n) is 3.72. The fourth-order valence-corrected chi connectivity index (χ4v) is 2.55. The van der Waals surface area contributed by atoms with Gasteiger partial charge in [0.05, 0.1) is 5.69 Å². The van der Waals surface area contributed by atoms with Crippen LogP contribution in [0.15, 0.2) is 6.07 Å². The van der Waals surface area contributed by atoms with Crippen LogP contribution in [0.2, 0.25) is 0 Å². The molecule has 0 aliphatic heterocycles. The maximum atomic E-state index is 4.54. The molecule has 0 saturated heterocycles. The van der Waals surface area contributed by atoms with Crippen molar-refractivity contribution in [2.45, 2.75) is 59.4 Å². The average molecular weight is 251 g/mol. The molecule has 18 heavy (non-hydrogen) atoms. The van der Waals surface area contributed by atoms with E-state index in [-0.39, 0.29) is 0 Å². The molecular weight excluding hydrogens is 222 g/mol. The van der Waals surface area contributed by atoms with Crippen LogP contribution >= 0.6 is 0 Å². The molecule has 1 rings (SSSR count). The lowest BCUT2D eigenvalue weighted by atomic mass is 9.93. The van der Waals surface area contributed by atoms with Gasteiger partial charge < -0.3 is 5.32 Å². The van der Waals surface area contributed by atoms with Crippen molar-refractivity contribution < 1.29 is 0 Å². The van der Waals surface area contributed by atoms with Gasteiger partial charge >= 0.3 is 0 Å². The zero-order chi connectivity index (χ0) is 13.5. The molecule has 2 atom stereocenters. The third kappa shape index (κ3) is 4.13. The van der Waals surface area contributed by atoms with Gasteiger partial charge in [0.1, 0.15) is 0 Å². The fraction of sp³-hybridized carbons (Fsp3) is 0.800. The van der Waals surface area contributed by atoms with Gasteiger partial charge in [0.15, 0.2) is 0 Å². The molecule has 0 saturated carbocycles. The van der Waals surface area contributed by atoms with Crippen molar-refractivity contribution in [2.24, 2.45) is 13.0 Å². The highest BCUT2D eigenvalue weighted by atomic mass is 15.3. The summed E-state index contributed by atoms with van der Waals surface area (Å²) < 4.78 is 2.04. The van der Waals surface area contributed by atoms with Crippen molar-refractivity contribution >= 4 is 0 Å². The Bertz CT molecular complexity index is 344. The maximum absolute atomic E-state index is 4.54. The molecule has 0 aliphatic carbocycles. The summed E-state index contributed by atoms with van der Waals surface area (Å²) in [5, 5.41) is 8.17. The fourth-order valence-electron chi connectivity index (χ4n) is 2.55. The van der Waals surface area contributed by atoms with E-state index in [9.17, 15) is 0 Å². The molecule has 1 aromatic rings. The SMILES string of the molecule is CCCC(C)C(Cc1cc(CC)nn1C)NCC. The Kier molecular flexibility index (Phi) is 6.41. The Balaban J connectivity index is 2.72. The molecule has 1 N–H and O–H groups in total. The molecule has 104 valence electrons. The second-order valence-electron chi connectivity index (χ2n) is 5.24. The first kappa shape index (κ1) is 15.2. The molecule has 3 heteroatoms. The first-order valence-corrected chi connectivity index (χ1v) is 7.37. The smallest absolute Gasteiger partial charge is 0.0624 e. The molecule has 3 nitrogen and oxygen atoms in total. The highest BCUT2D eigenvalue weighted by molar-refractivity contribution is 5.11. The molecule has 1 heterocycles. The van der Waals surface area contributed by atoms with E-state index < -0.39 is 0 Å². The monoisotopic (exact) mass is 251 g/mol. The van der Waals surface area contributed by atoms with Crippen LogP contribution in [0.4, 0.5) is 0 Å². The van der Waals surface area contributed by atoms with E-state index >= 15 is 0 Å². The number of likely N-dealkylation sites (N-methyl/N-ethyl adjacent to an activating group) is 1. The lowest BCUT2D eigenvalue weighted by molar-refractivity contribution is 0.352. The van der Waals surface area contributed by atoms with Gasteiger partial charge in [-0.05, 0) is 31.4 Å². The van der Waals surface area contributed by atoms with Crippen molar-refractivity contribution in [1.82, 2.24) is 15.1 Å². The Morgan fingerprint density at radius 2 is 2.06 bits per heavy atom. The minimum absolute atomic E-state index is 0.565. The molecule has 0 fully saturated rings. The van der Waals surface area contributed by atoms with Crippen LogP contribution in [-0.2, 0) is 19.9 Å². The van der Waals surface area contributed by atoms with E-state index in [0.717, 1.165) is 25.3 Å². The quantitative estimate of drug-likeness (QED) is 0.770. The van der Waals surface area contributed by atoms with E-state index in [1.54, 1.807) is 0 Å². The van der Waals surface area contributed by atoms with Crippen molar-refractivity contribution in [1.29, 1.82) is 0 Å². The molecule has 0 aliphatic rings. The Hall–Kier alpha value is -0.830. The normalized spacial score (nSPS) is 14.7. The standard InChI is InChI=1S/C15H29N3/c1-6-9-12(4)15(16-8-3)11-14-10-13(7-2)17-18(14)5/h10,12,15-16H,6-9,11H2,1-5H3. The van der Waals surface area contributed by atoms with Gasteiger partial charge in [-0.15, -0.1) is 0 Å². The van der Waals surface area contributed by atoms with E-state index in [1.807, 2.05) is 4.68 Å². The zero-order valence-electron chi connectivity index (χ0n) is 12.7. The van der Waals surface area contributed by atoms with Crippen LogP contribution in [0.25, 0.3) is 0 Å². The van der Waals surface area contributed by atoms with Crippen molar-refractivity contribution in [3.8, 4) is 0 Å². The number of nitrogens with zero attached hydrogens (tertiary/aromatic N) is 2. The summed E-state index contributed by atoms with van der Waals surface area (Å²) in [6, 6.07) is 2.82. The van der Waals surface area contributed by atoms with Gasteiger partial charge in [-0.3, -0.25) is 4.68 Å². The molecule has 1 aromatic heterocycles. The minimum Gasteiger partial charge on any atom is -0.314 e. The first-order chi connectivity index (χ1) is 8.62. The van der Waals surface area contributed by atoms with Gasteiger partial charge in [0.2, 0.25) is 0 Å². The summed E-state index contributed by atoms with van der Waals surface area (Å²) in [5.74, 6) is 0.718. The lowest BCUT2D eigenvalue weighted by Gasteiger charge is -2.24. The van der Waals surface area contributed by atoms with Gasteiger partial charge in [0.25, 0.3) is 0 Å². The molecule has 2 unspecified atom stereocenters. The van der Waals surface area contributed by atoms with Crippen molar-refractivity contribution in [2.75, 3.05) is 6.54 Å². The van der Waals surface area contributed by atoms with Crippen LogP contribution in [0.1, 0.15) is 51.9 Å². The van der Waals surface area contributed by atoms with Crippen LogP contribution < -0.4 is 5.32 Å². The lowest BCUT2D eigenvalue weighted by Crippen LogP contribution is -2.37. The summed E-state index contributed by atoms with van der Waals surface area (Å²) in [7, 11) is 2.06. The number of hydrogen-bond donors (Lipinski definition) is 1. The van der Waals surface area contributed by atoms with Crippen molar-refractivity contribution in [3.05, 3.63) is 17.5 Å². The summed E-state index contributed by atoms with van der Waals surface area (Å²) in [4.78, 5) is 0. The van der Waals surface area contributed by atoms with Crippen LogP contribution in [0.3, 0.4) is 0 Å². The summed E-state index contributed by atoms with van der Waals surface area (Å²) in [6.07, 6.45) is 4.65. The van der Waals surface area contributed by atoms with Crippen LogP contribution in [-0.4, -0.2) is 22.4 Å².